The lowest BCUT2D eigenvalue weighted by molar-refractivity contribution is 0.171. The van der Waals surface area contributed by atoms with Crippen molar-refractivity contribution in [3.63, 3.8) is 0 Å². The minimum absolute atomic E-state index is 0.182. The quantitative estimate of drug-likeness (QED) is 0.823. The van der Waals surface area contributed by atoms with Crippen LogP contribution in [0.1, 0.15) is 38.2 Å². The van der Waals surface area contributed by atoms with Crippen LogP contribution in [0.3, 0.4) is 0 Å². The molecule has 6 heteroatoms. The van der Waals surface area contributed by atoms with Crippen LogP contribution in [0.5, 0.6) is 0 Å². The molecule has 1 aromatic carbocycles. The van der Waals surface area contributed by atoms with Crippen LogP contribution >= 0.6 is 0 Å². The molecule has 0 radical (unpaired) electrons. The third kappa shape index (κ3) is 4.53. The third-order valence-electron chi connectivity index (χ3n) is 4.66. The van der Waals surface area contributed by atoms with Gasteiger partial charge in [0.25, 0.3) is 0 Å². The average Bonchev–Trinajstić information content (AvgIpc) is 2.59. The first-order valence-electron chi connectivity index (χ1n) is 8.42. The van der Waals surface area contributed by atoms with Crippen LogP contribution in [0.25, 0.3) is 0 Å². The maximum Gasteiger partial charge on any atom is 0.243 e. The number of aliphatic hydroxyl groups excluding tert-OH is 1. The summed E-state index contributed by atoms with van der Waals surface area (Å²) in [5.74, 6) is 0.446. The van der Waals surface area contributed by atoms with E-state index in [0.717, 1.165) is 32.5 Å². The number of aliphatic hydroxyl groups is 1. The SMILES string of the molecule is CCC(C)c1ccc(S(=O)(=O)N2CCN(CCCO)CC2)cc1. The zero-order chi connectivity index (χ0) is 16.9. The molecule has 1 N–H and O–H groups in total. The summed E-state index contributed by atoms with van der Waals surface area (Å²) in [5, 5.41) is 8.87. The van der Waals surface area contributed by atoms with Gasteiger partial charge in [0.15, 0.2) is 0 Å². The molecule has 1 atom stereocenters. The highest BCUT2D eigenvalue weighted by Gasteiger charge is 2.28. The van der Waals surface area contributed by atoms with Crippen molar-refractivity contribution in [1.82, 2.24) is 9.21 Å². The Balaban J connectivity index is 2.02. The molecule has 1 unspecified atom stereocenters. The minimum Gasteiger partial charge on any atom is -0.396 e. The smallest absolute Gasteiger partial charge is 0.243 e. The second kappa shape index (κ2) is 8.24. The number of rotatable bonds is 7. The van der Waals surface area contributed by atoms with Gasteiger partial charge in [0.2, 0.25) is 10.0 Å². The number of piperazine rings is 1. The number of nitrogens with zero attached hydrogens (tertiary/aromatic N) is 2. The molecular weight excluding hydrogens is 312 g/mol. The minimum atomic E-state index is -3.40. The van der Waals surface area contributed by atoms with Gasteiger partial charge in [0.05, 0.1) is 4.90 Å². The van der Waals surface area contributed by atoms with Gasteiger partial charge in [0, 0.05) is 39.3 Å². The van der Waals surface area contributed by atoms with Gasteiger partial charge in [-0.2, -0.15) is 4.31 Å². The molecule has 0 aromatic heterocycles. The van der Waals surface area contributed by atoms with Crippen LogP contribution in [0.15, 0.2) is 29.2 Å². The van der Waals surface area contributed by atoms with E-state index in [9.17, 15) is 8.42 Å². The highest BCUT2D eigenvalue weighted by molar-refractivity contribution is 7.89. The molecule has 2 rings (SSSR count). The lowest BCUT2D eigenvalue weighted by Crippen LogP contribution is -2.48. The van der Waals surface area contributed by atoms with E-state index in [1.54, 1.807) is 16.4 Å². The number of sulfonamides is 1. The zero-order valence-corrected chi connectivity index (χ0v) is 14.9. The molecule has 0 aliphatic carbocycles. The molecule has 1 saturated heterocycles. The maximum atomic E-state index is 12.7. The Labute approximate surface area is 140 Å². The summed E-state index contributed by atoms with van der Waals surface area (Å²) in [4.78, 5) is 2.59. The molecule has 1 fully saturated rings. The first kappa shape index (κ1) is 18.4. The van der Waals surface area contributed by atoms with E-state index >= 15 is 0 Å². The average molecular weight is 340 g/mol. The molecule has 0 spiro atoms. The zero-order valence-electron chi connectivity index (χ0n) is 14.1. The molecule has 1 aliphatic heterocycles. The fourth-order valence-electron chi connectivity index (χ4n) is 2.84. The van der Waals surface area contributed by atoms with Crippen LogP contribution in [-0.2, 0) is 10.0 Å². The van der Waals surface area contributed by atoms with Crippen LogP contribution in [-0.4, -0.2) is 62.1 Å². The van der Waals surface area contributed by atoms with Gasteiger partial charge >= 0.3 is 0 Å². The van der Waals surface area contributed by atoms with Crippen molar-refractivity contribution in [2.75, 3.05) is 39.3 Å². The van der Waals surface area contributed by atoms with Crippen LogP contribution < -0.4 is 0 Å². The van der Waals surface area contributed by atoms with Crippen molar-refractivity contribution in [2.24, 2.45) is 0 Å². The van der Waals surface area contributed by atoms with Crippen molar-refractivity contribution < 1.29 is 13.5 Å². The van der Waals surface area contributed by atoms with E-state index in [2.05, 4.69) is 18.7 Å². The highest BCUT2D eigenvalue weighted by Crippen LogP contribution is 2.23. The van der Waals surface area contributed by atoms with E-state index in [4.69, 9.17) is 5.11 Å². The standard InChI is InChI=1S/C17H28N2O3S/c1-3-15(2)16-5-7-17(8-6-16)23(21,22)19-12-10-18(11-13-19)9-4-14-20/h5-8,15,20H,3-4,9-14H2,1-2H3. The fraction of sp³-hybridized carbons (Fsp3) is 0.647. The topological polar surface area (TPSA) is 60.9 Å². The fourth-order valence-corrected chi connectivity index (χ4v) is 4.26. The van der Waals surface area contributed by atoms with Gasteiger partial charge in [-0.1, -0.05) is 26.0 Å². The summed E-state index contributed by atoms with van der Waals surface area (Å²) in [6.07, 6.45) is 1.78. The van der Waals surface area contributed by atoms with Gasteiger partial charge < -0.3 is 10.0 Å². The normalized spacial score (nSPS) is 18.9. The van der Waals surface area contributed by atoms with Crippen LogP contribution in [0.2, 0.25) is 0 Å². The van der Waals surface area contributed by atoms with Gasteiger partial charge in [0.1, 0.15) is 0 Å². The van der Waals surface area contributed by atoms with E-state index in [1.807, 2.05) is 12.1 Å². The lowest BCUT2D eigenvalue weighted by atomic mass is 9.99. The van der Waals surface area contributed by atoms with Gasteiger partial charge in [-0.25, -0.2) is 8.42 Å². The third-order valence-corrected chi connectivity index (χ3v) is 6.58. The molecule has 0 saturated carbocycles. The van der Waals surface area contributed by atoms with Gasteiger partial charge in [-0.15, -0.1) is 0 Å². The monoisotopic (exact) mass is 340 g/mol. The van der Waals surface area contributed by atoms with Crippen LogP contribution in [0.4, 0.5) is 0 Å². The van der Waals surface area contributed by atoms with Crippen LogP contribution in [0, 0.1) is 0 Å². The largest absolute Gasteiger partial charge is 0.396 e. The summed E-state index contributed by atoms with van der Waals surface area (Å²) in [6, 6.07) is 7.32. The Kier molecular flexibility index (Phi) is 6.59. The second-order valence-electron chi connectivity index (χ2n) is 6.20. The Bertz CT molecular complexity index is 578. The van der Waals surface area contributed by atoms with Crippen molar-refractivity contribution in [3.05, 3.63) is 29.8 Å². The summed E-state index contributed by atoms with van der Waals surface area (Å²) in [6.45, 7) is 7.77. The van der Waals surface area contributed by atoms with E-state index in [-0.39, 0.29) is 6.61 Å². The Hall–Kier alpha value is -0.950. The summed E-state index contributed by atoms with van der Waals surface area (Å²) < 4.78 is 27.0. The second-order valence-corrected chi connectivity index (χ2v) is 8.14. The van der Waals surface area contributed by atoms with Gasteiger partial charge in [-0.05, 0) is 36.5 Å². The number of benzene rings is 1. The Morgan fingerprint density at radius 1 is 1.13 bits per heavy atom. The van der Waals surface area contributed by atoms with E-state index in [1.165, 1.54) is 5.56 Å². The lowest BCUT2D eigenvalue weighted by Gasteiger charge is -2.33. The Morgan fingerprint density at radius 3 is 2.26 bits per heavy atom. The summed E-state index contributed by atoms with van der Waals surface area (Å²) in [5.41, 5.74) is 1.18. The molecule has 1 heterocycles. The number of hydrogen-bond acceptors (Lipinski definition) is 4. The molecule has 0 amide bonds. The van der Waals surface area contributed by atoms with E-state index < -0.39 is 10.0 Å². The molecule has 0 bridgehead atoms. The molecule has 1 aliphatic rings. The first-order chi connectivity index (χ1) is 11.0. The first-order valence-corrected chi connectivity index (χ1v) is 9.86. The molecule has 130 valence electrons. The Morgan fingerprint density at radius 2 is 1.74 bits per heavy atom. The van der Waals surface area contributed by atoms with Crippen molar-refractivity contribution in [1.29, 1.82) is 0 Å². The van der Waals surface area contributed by atoms with E-state index in [0.29, 0.717) is 23.9 Å². The van der Waals surface area contributed by atoms with Crippen molar-refractivity contribution in [2.45, 2.75) is 37.5 Å². The molecular formula is C17H28N2O3S. The molecule has 23 heavy (non-hydrogen) atoms. The predicted octanol–water partition coefficient (Wildman–Crippen LogP) is 1.89. The van der Waals surface area contributed by atoms with Crippen molar-refractivity contribution >= 4 is 10.0 Å². The summed E-state index contributed by atoms with van der Waals surface area (Å²) in [7, 11) is -3.40. The van der Waals surface area contributed by atoms with Gasteiger partial charge in [-0.3, -0.25) is 0 Å². The predicted molar refractivity (Wildman–Crippen MR) is 92.0 cm³/mol. The highest BCUT2D eigenvalue weighted by atomic mass is 32.2. The maximum absolute atomic E-state index is 12.7. The molecule has 5 nitrogen and oxygen atoms in total. The number of hydrogen-bond donors (Lipinski definition) is 1. The van der Waals surface area contributed by atoms with Crippen molar-refractivity contribution in [3.8, 4) is 0 Å². The molecule has 1 aromatic rings. The summed E-state index contributed by atoms with van der Waals surface area (Å²) >= 11 is 0.